The standard InChI is InChI=1S/C21H24N4O/c1-24-15-18(13-23-24)21-9-5-11-25(21)14-17-6-4-8-20(12-17)26-16-19-7-2-3-10-22-19/h2-4,6-8,10,12-13,15,21H,5,9,11,14,16H2,1H3. The van der Waals surface area contributed by atoms with Gasteiger partial charge in [-0.1, -0.05) is 18.2 Å². The van der Waals surface area contributed by atoms with Crippen LogP contribution in [0.2, 0.25) is 0 Å². The molecule has 0 spiro atoms. The van der Waals surface area contributed by atoms with Gasteiger partial charge in [-0.05, 0) is 49.2 Å². The highest BCUT2D eigenvalue weighted by Gasteiger charge is 2.26. The van der Waals surface area contributed by atoms with Gasteiger partial charge in [0.2, 0.25) is 0 Å². The molecule has 1 fully saturated rings. The fourth-order valence-electron chi connectivity index (χ4n) is 3.61. The largest absolute Gasteiger partial charge is 0.487 e. The minimum atomic E-state index is 0.460. The summed E-state index contributed by atoms with van der Waals surface area (Å²) in [6.45, 7) is 2.55. The number of aromatic nitrogens is 3. The van der Waals surface area contributed by atoms with Crippen LogP contribution >= 0.6 is 0 Å². The smallest absolute Gasteiger partial charge is 0.130 e. The Balaban J connectivity index is 1.41. The molecular formula is C21H24N4O. The lowest BCUT2D eigenvalue weighted by molar-refractivity contribution is 0.247. The molecule has 1 aromatic carbocycles. The van der Waals surface area contributed by atoms with Gasteiger partial charge in [-0.25, -0.2) is 0 Å². The van der Waals surface area contributed by atoms with Crippen molar-refractivity contribution in [2.75, 3.05) is 6.54 Å². The Hall–Kier alpha value is -2.66. The second-order valence-electron chi connectivity index (χ2n) is 6.83. The van der Waals surface area contributed by atoms with Crippen molar-refractivity contribution in [1.82, 2.24) is 19.7 Å². The zero-order valence-electron chi connectivity index (χ0n) is 15.1. The monoisotopic (exact) mass is 348 g/mol. The zero-order valence-corrected chi connectivity index (χ0v) is 15.1. The number of likely N-dealkylation sites (tertiary alicyclic amines) is 1. The summed E-state index contributed by atoms with van der Waals surface area (Å²) in [6, 6.07) is 14.7. The van der Waals surface area contributed by atoms with Crippen LogP contribution in [0.3, 0.4) is 0 Å². The Kier molecular flexibility index (Phi) is 4.97. The fraction of sp³-hybridized carbons (Fsp3) is 0.333. The molecule has 1 aliphatic heterocycles. The van der Waals surface area contributed by atoms with E-state index in [1.165, 1.54) is 24.0 Å². The average Bonchev–Trinajstić information content (AvgIpc) is 3.30. The van der Waals surface area contributed by atoms with Crippen molar-refractivity contribution in [3.8, 4) is 5.75 Å². The molecule has 0 aliphatic carbocycles. The van der Waals surface area contributed by atoms with Crippen molar-refractivity contribution < 1.29 is 4.74 Å². The SMILES string of the molecule is Cn1cc(C2CCCN2Cc2cccc(OCc3ccccn3)c2)cn1. The summed E-state index contributed by atoms with van der Waals surface area (Å²) in [5.41, 5.74) is 3.53. The summed E-state index contributed by atoms with van der Waals surface area (Å²) in [4.78, 5) is 6.84. The lowest BCUT2D eigenvalue weighted by atomic mass is 10.1. The van der Waals surface area contributed by atoms with E-state index in [9.17, 15) is 0 Å². The summed E-state index contributed by atoms with van der Waals surface area (Å²) < 4.78 is 7.80. The van der Waals surface area contributed by atoms with Gasteiger partial charge in [0.1, 0.15) is 12.4 Å². The number of benzene rings is 1. The van der Waals surface area contributed by atoms with E-state index in [-0.39, 0.29) is 0 Å². The summed E-state index contributed by atoms with van der Waals surface area (Å²) in [5.74, 6) is 0.894. The van der Waals surface area contributed by atoms with Crippen LogP contribution in [0.5, 0.6) is 5.75 Å². The topological polar surface area (TPSA) is 43.2 Å². The van der Waals surface area contributed by atoms with Gasteiger partial charge in [0.25, 0.3) is 0 Å². The molecule has 0 bridgehead atoms. The zero-order chi connectivity index (χ0) is 17.8. The quantitative estimate of drug-likeness (QED) is 0.681. The van der Waals surface area contributed by atoms with Crippen molar-refractivity contribution in [3.63, 3.8) is 0 Å². The predicted molar refractivity (Wildman–Crippen MR) is 101 cm³/mol. The van der Waals surface area contributed by atoms with E-state index in [4.69, 9.17) is 4.74 Å². The van der Waals surface area contributed by atoms with Gasteiger partial charge in [-0.15, -0.1) is 0 Å². The number of ether oxygens (including phenoxy) is 1. The molecule has 0 saturated carbocycles. The highest BCUT2D eigenvalue weighted by Crippen LogP contribution is 2.33. The number of aryl methyl sites for hydroxylation is 1. The van der Waals surface area contributed by atoms with E-state index in [2.05, 4.69) is 39.4 Å². The molecule has 134 valence electrons. The summed E-state index contributed by atoms with van der Waals surface area (Å²) in [7, 11) is 1.98. The van der Waals surface area contributed by atoms with E-state index in [0.717, 1.165) is 24.5 Å². The minimum Gasteiger partial charge on any atom is -0.487 e. The normalized spacial score (nSPS) is 17.5. The maximum absolute atomic E-state index is 5.92. The van der Waals surface area contributed by atoms with Crippen LogP contribution in [0.25, 0.3) is 0 Å². The second-order valence-corrected chi connectivity index (χ2v) is 6.83. The highest BCUT2D eigenvalue weighted by molar-refractivity contribution is 5.29. The van der Waals surface area contributed by atoms with Gasteiger partial charge in [-0.3, -0.25) is 14.6 Å². The fourth-order valence-corrected chi connectivity index (χ4v) is 3.61. The molecule has 5 heteroatoms. The predicted octanol–water partition coefficient (Wildman–Crippen LogP) is 3.73. The number of hydrogen-bond donors (Lipinski definition) is 0. The van der Waals surface area contributed by atoms with Gasteiger partial charge in [0, 0.05) is 37.6 Å². The maximum Gasteiger partial charge on any atom is 0.130 e. The first-order valence-electron chi connectivity index (χ1n) is 9.12. The van der Waals surface area contributed by atoms with E-state index < -0.39 is 0 Å². The molecule has 0 amide bonds. The number of rotatable bonds is 6. The Bertz CT molecular complexity index is 846. The van der Waals surface area contributed by atoms with Gasteiger partial charge < -0.3 is 4.74 Å². The molecule has 1 unspecified atom stereocenters. The lowest BCUT2D eigenvalue weighted by Gasteiger charge is -2.23. The highest BCUT2D eigenvalue weighted by atomic mass is 16.5. The van der Waals surface area contributed by atoms with Crippen LogP contribution in [-0.2, 0) is 20.2 Å². The van der Waals surface area contributed by atoms with Crippen molar-refractivity contribution in [2.45, 2.75) is 32.0 Å². The molecule has 3 heterocycles. The van der Waals surface area contributed by atoms with Crippen LogP contribution in [-0.4, -0.2) is 26.2 Å². The third-order valence-corrected chi connectivity index (χ3v) is 4.87. The Morgan fingerprint density at radius 1 is 1.19 bits per heavy atom. The molecule has 2 aromatic heterocycles. The molecular weight excluding hydrogens is 324 g/mol. The van der Waals surface area contributed by atoms with Crippen molar-refractivity contribution in [2.24, 2.45) is 7.05 Å². The summed E-state index contributed by atoms with van der Waals surface area (Å²) >= 11 is 0. The molecule has 1 aliphatic rings. The van der Waals surface area contributed by atoms with Crippen LogP contribution in [0.4, 0.5) is 0 Å². The Morgan fingerprint density at radius 2 is 2.15 bits per heavy atom. The third-order valence-electron chi connectivity index (χ3n) is 4.87. The number of nitrogens with zero attached hydrogens (tertiary/aromatic N) is 4. The van der Waals surface area contributed by atoms with Gasteiger partial charge in [0.15, 0.2) is 0 Å². The molecule has 0 radical (unpaired) electrons. The third kappa shape index (κ3) is 3.94. The first kappa shape index (κ1) is 16.8. The molecule has 1 atom stereocenters. The molecule has 0 N–H and O–H groups in total. The average molecular weight is 348 g/mol. The van der Waals surface area contributed by atoms with E-state index in [0.29, 0.717) is 12.6 Å². The Morgan fingerprint density at radius 3 is 2.96 bits per heavy atom. The number of pyridine rings is 1. The van der Waals surface area contributed by atoms with Crippen LogP contribution in [0.1, 0.15) is 35.7 Å². The van der Waals surface area contributed by atoms with Crippen LogP contribution in [0, 0.1) is 0 Å². The number of hydrogen-bond acceptors (Lipinski definition) is 4. The molecule has 3 aromatic rings. The van der Waals surface area contributed by atoms with Crippen LogP contribution in [0.15, 0.2) is 61.1 Å². The van der Waals surface area contributed by atoms with E-state index in [1.807, 2.05) is 42.2 Å². The first-order valence-corrected chi connectivity index (χ1v) is 9.12. The van der Waals surface area contributed by atoms with Gasteiger partial charge >= 0.3 is 0 Å². The van der Waals surface area contributed by atoms with Crippen molar-refractivity contribution >= 4 is 0 Å². The second kappa shape index (κ2) is 7.70. The van der Waals surface area contributed by atoms with Crippen LogP contribution < -0.4 is 4.74 Å². The van der Waals surface area contributed by atoms with Crippen molar-refractivity contribution in [3.05, 3.63) is 77.9 Å². The maximum atomic E-state index is 5.92. The van der Waals surface area contributed by atoms with E-state index >= 15 is 0 Å². The summed E-state index contributed by atoms with van der Waals surface area (Å²) in [5, 5.41) is 4.33. The first-order chi connectivity index (χ1) is 12.8. The van der Waals surface area contributed by atoms with Crippen molar-refractivity contribution in [1.29, 1.82) is 0 Å². The molecule has 4 rings (SSSR count). The Labute approximate surface area is 154 Å². The molecule has 5 nitrogen and oxygen atoms in total. The van der Waals surface area contributed by atoms with E-state index in [1.54, 1.807) is 6.20 Å². The van der Waals surface area contributed by atoms with Gasteiger partial charge in [0.05, 0.1) is 11.9 Å². The van der Waals surface area contributed by atoms with Gasteiger partial charge in [-0.2, -0.15) is 5.10 Å². The lowest BCUT2D eigenvalue weighted by Crippen LogP contribution is -2.22. The molecule has 1 saturated heterocycles. The summed E-state index contributed by atoms with van der Waals surface area (Å²) in [6.07, 6.45) is 8.35. The minimum absolute atomic E-state index is 0.460. The molecule has 26 heavy (non-hydrogen) atoms.